The minimum Gasteiger partial charge on any atom is -0.379 e. The highest BCUT2D eigenvalue weighted by Crippen LogP contribution is 2.14. The van der Waals surface area contributed by atoms with Gasteiger partial charge in [0, 0.05) is 78.4 Å². The van der Waals surface area contributed by atoms with Gasteiger partial charge in [-0.25, -0.2) is 0 Å². The first-order valence-electron chi connectivity index (χ1n) is 9.67. The number of aliphatic imine (C=N–C) groups is 1. The summed E-state index contributed by atoms with van der Waals surface area (Å²) in [5, 5.41) is 6.85. The molecule has 2 aliphatic rings. The Bertz CT molecular complexity index is 474. The standard InChI is InChI=1S/C18H36N6O2.HI/c1-16(25)23-9-7-22(8-10-23)6-5-20-17(19-4)21-15-18(2,3)24-11-13-26-14-12-24;/h5-15H2,1-4H3,(H2,19,20,21);1H. The monoisotopic (exact) mass is 496 g/mol. The average molecular weight is 496 g/mol. The smallest absolute Gasteiger partial charge is 0.219 e. The summed E-state index contributed by atoms with van der Waals surface area (Å²) >= 11 is 0. The number of guanidine groups is 1. The van der Waals surface area contributed by atoms with Crippen LogP contribution in [-0.4, -0.2) is 111 Å². The number of morpholine rings is 1. The topological polar surface area (TPSA) is 72.4 Å². The first-order valence-corrected chi connectivity index (χ1v) is 9.67. The molecule has 9 heteroatoms. The molecule has 2 saturated heterocycles. The van der Waals surface area contributed by atoms with Crippen molar-refractivity contribution in [2.75, 3.05) is 79.2 Å². The molecule has 1 amide bonds. The molecule has 0 spiro atoms. The predicted molar refractivity (Wildman–Crippen MR) is 120 cm³/mol. The molecule has 2 rings (SSSR count). The van der Waals surface area contributed by atoms with E-state index in [0.29, 0.717) is 0 Å². The lowest BCUT2D eigenvalue weighted by atomic mass is 10.0. The molecule has 0 unspecified atom stereocenters. The van der Waals surface area contributed by atoms with Crippen molar-refractivity contribution < 1.29 is 9.53 Å². The Morgan fingerprint density at radius 1 is 1.07 bits per heavy atom. The maximum atomic E-state index is 11.4. The molecule has 158 valence electrons. The van der Waals surface area contributed by atoms with Crippen LogP contribution in [0.2, 0.25) is 0 Å². The third-order valence-corrected chi connectivity index (χ3v) is 5.32. The normalized spacial score (nSPS) is 20.1. The van der Waals surface area contributed by atoms with Crippen LogP contribution in [0.5, 0.6) is 0 Å². The second-order valence-electron chi connectivity index (χ2n) is 7.61. The summed E-state index contributed by atoms with van der Waals surface area (Å²) in [6.45, 7) is 15.9. The minimum absolute atomic E-state index is 0. The summed E-state index contributed by atoms with van der Waals surface area (Å²) in [6, 6.07) is 0. The Kier molecular flexibility index (Phi) is 10.9. The molecule has 2 aliphatic heterocycles. The maximum absolute atomic E-state index is 11.4. The van der Waals surface area contributed by atoms with Crippen molar-refractivity contribution in [3.05, 3.63) is 0 Å². The molecule has 0 radical (unpaired) electrons. The van der Waals surface area contributed by atoms with E-state index < -0.39 is 0 Å². The second kappa shape index (κ2) is 12.0. The lowest BCUT2D eigenvalue weighted by Crippen LogP contribution is -2.57. The fraction of sp³-hybridized carbons (Fsp3) is 0.889. The van der Waals surface area contributed by atoms with E-state index in [0.717, 1.165) is 78.1 Å². The molecule has 2 fully saturated rings. The van der Waals surface area contributed by atoms with Crippen LogP contribution in [0.3, 0.4) is 0 Å². The van der Waals surface area contributed by atoms with Gasteiger partial charge < -0.3 is 20.3 Å². The quantitative estimate of drug-likeness (QED) is 0.308. The van der Waals surface area contributed by atoms with Gasteiger partial charge in [0.05, 0.1) is 13.2 Å². The Hall–Kier alpha value is -0.650. The van der Waals surface area contributed by atoms with E-state index in [1.165, 1.54) is 0 Å². The van der Waals surface area contributed by atoms with Gasteiger partial charge in [-0.15, -0.1) is 24.0 Å². The van der Waals surface area contributed by atoms with Gasteiger partial charge in [-0.2, -0.15) is 0 Å². The van der Waals surface area contributed by atoms with Crippen molar-refractivity contribution in [2.24, 2.45) is 4.99 Å². The third-order valence-electron chi connectivity index (χ3n) is 5.32. The van der Waals surface area contributed by atoms with E-state index in [1.54, 1.807) is 6.92 Å². The Labute approximate surface area is 181 Å². The summed E-state index contributed by atoms with van der Waals surface area (Å²) in [5.41, 5.74) is 0.0599. The van der Waals surface area contributed by atoms with Crippen molar-refractivity contribution in [1.82, 2.24) is 25.3 Å². The van der Waals surface area contributed by atoms with Crippen LogP contribution in [0.4, 0.5) is 0 Å². The van der Waals surface area contributed by atoms with Crippen LogP contribution < -0.4 is 10.6 Å². The molecular weight excluding hydrogens is 459 g/mol. The van der Waals surface area contributed by atoms with Crippen LogP contribution in [0.25, 0.3) is 0 Å². The highest BCUT2D eigenvalue weighted by atomic mass is 127. The molecular formula is C18H37IN6O2. The van der Waals surface area contributed by atoms with E-state index in [-0.39, 0.29) is 35.4 Å². The average Bonchev–Trinajstić information content (AvgIpc) is 2.65. The number of nitrogens with zero attached hydrogens (tertiary/aromatic N) is 4. The van der Waals surface area contributed by atoms with Gasteiger partial charge in [-0.3, -0.25) is 19.6 Å². The van der Waals surface area contributed by atoms with Crippen LogP contribution in [0.15, 0.2) is 4.99 Å². The third kappa shape index (κ3) is 8.08. The van der Waals surface area contributed by atoms with Gasteiger partial charge in [-0.1, -0.05) is 0 Å². The number of carbonyl (C=O) groups is 1. The van der Waals surface area contributed by atoms with Gasteiger partial charge in [-0.05, 0) is 13.8 Å². The highest BCUT2D eigenvalue weighted by molar-refractivity contribution is 14.0. The summed E-state index contributed by atoms with van der Waals surface area (Å²) in [4.78, 5) is 22.5. The first-order chi connectivity index (χ1) is 12.4. The molecule has 2 N–H and O–H groups in total. The van der Waals surface area contributed by atoms with E-state index in [1.807, 2.05) is 11.9 Å². The summed E-state index contributed by atoms with van der Waals surface area (Å²) in [6.07, 6.45) is 0. The number of hydrogen-bond donors (Lipinski definition) is 2. The number of hydrogen-bond acceptors (Lipinski definition) is 5. The van der Waals surface area contributed by atoms with Gasteiger partial charge in [0.25, 0.3) is 0 Å². The summed E-state index contributed by atoms with van der Waals surface area (Å²) < 4.78 is 5.45. The number of ether oxygens (including phenoxy) is 1. The number of rotatable bonds is 6. The first kappa shape index (κ1) is 24.4. The molecule has 2 heterocycles. The van der Waals surface area contributed by atoms with Crippen molar-refractivity contribution in [3.63, 3.8) is 0 Å². The van der Waals surface area contributed by atoms with Crippen LogP contribution in [-0.2, 0) is 9.53 Å². The van der Waals surface area contributed by atoms with Crippen LogP contribution >= 0.6 is 24.0 Å². The molecule has 8 nitrogen and oxygen atoms in total. The fourth-order valence-electron chi connectivity index (χ4n) is 3.42. The predicted octanol–water partition coefficient (Wildman–Crippen LogP) is 0.0443. The van der Waals surface area contributed by atoms with Crippen LogP contribution in [0.1, 0.15) is 20.8 Å². The van der Waals surface area contributed by atoms with Crippen molar-refractivity contribution in [2.45, 2.75) is 26.3 Å². The molecule has 0 aromatic carbocycles. The highest BCUT2D eigenvalue weighted by Gasteiger charge is 2.28. The Morgan fingerprint density at radius 3 is 2.26 bits per heavy atom. The molecule has 0 atom stereocenters. The summed E-state index contributed by atoms with van der Waals surface area (Å²) in [7, 11) is 1.81. The van der Waals surface area contributed by atoms with E-state index in [9.17, 15) is 4.79 Å². The van der Waals surface area contributed by atoms with Gasteiger partial charge >= 0.3 is 0 Å². The van der Waals surface area contributed by atoms with Gasteiger partial charge in [0.15, 0.2) is 5.96 Å². The number of halogens is 1. The van der Waals surface area contributed by atoms with Crippen LogP contribution in [0, 0.1) is 0 Å². The lowest BCUT2D eigenvalue weighted by Gasteiger charge is -2.41. The zero-order chi connectivity index (χ0) is 19.0. The molecule has 27 heavy (non-hydrogen) atoms. The van der Waals surface area contributed by atoms with Crippen molar-refractivity contribution >= 4 is 35.8 Å². The van der Waals surface area contributed by atoms with E-state index >= 15 is 0 Å². The molecule has 0 saturated carbocycles. The Morgan fingerprint density at radius 2 is 1.70 bits per heavy atom. The fourth-order valence-corrected chi connectivity index (χ4v) is 3.42. The number of amides is 1. The van der Waals surface area contributed by atoms with Gasteiger partial charge in [0.2, 0.25) is 5.91 Å². The summed E-state index contributed by atoms with van der Waals surface area (Å²) in [5.74, 6) is 1.02. The van der Waals surface area contributed by atoms with Crippen molar-refractivity contribution in [3.8, 4) is 0 Å². The largest absolute Gasteiger partial charge is 0.379 e. The van der Waals surface area contributed by atoms with E-state index in [4.69, 9.17) is 4.74 Å². The second-order valence-corrected chi connectivity index (χ2v) is 7.61. The number of nitrogens with one attached hydrogen (secondary N) is 2. The molecule has 0 aliphatic carbocycles. The van der Waals surface area contributed by atoms with Gasteiger partial charge in [0.1, 0.15) is 0 Å². The molecule has 0 aromatic heterocycles. The molecule has 0 aromatic rings. The molecule has 0 bridgehead atoms. The van der Waals surface area contributed by atoms with Crippen molar-refractivity contribution in [1.29, 1.82) is 0 Å². The lowest BCUT2D eigenvalue weighted by molar-refractivity contribution is -0.130. The maximum Gasteiger partial charge on any atom is 0.219 e. The zero-order valence-electron chi connectivity index (χ0n) is 17.3. The number of piperazine rings is 1. The number of carbonyl (C=O) groups excluding carboxylic acids is 1. The minimum atomic E-state index is 0. The van der Waals surface area contributed by atoms with E-state index in [2.05, 4.69) is 39.3 Å². The SMILES string of the molecule is CN=C(NCCN1CCN(C(C)=O)CC1)NCC(C)(C)N1CCOCC1.I. The Balaban J connectivity index is 0.00000364. The zero-order valence-corrected chi connectivity index (χ0v) is 19.6.